The van der Waals surface area contributed by atoms with Gasteiger partial charge in [0, 0.05) is 16.3 Å². The number of benzene rings is 1. The van der Waals surface area contributed by atoms with E-state index >= 15 is 0 Å². The molecule has 1 aromatic carbocycles. The molecule has 5 nitrogen and oxygen atoms in total. The molecule has 0 amide bonds. The Morgan fingerprint density at radius 2 is 1.89 bits per heavy atom. The number of aromatic amines is 1. The predicted molar refractivity (Wildman–Crippen MR) is 63.3 cm³/mol. The van der Waals surface area contributed by atoms with Crippen molar-refractivity contribution in [3.63, 3.8) is 0 Å². The molecule has 0 bridgehead atoms. The zero-order valence-electron chi connectivity index (χ0n) is 9.06. The maximum atomic E-state index is 11.7. The van der Waals surface area contributed by atoms with Crippen molar-refractivity contribution < 1.29 is 14.3 Å². The van der Waals surface area contributed by atoms with Crippen molar-refractivity contribution in [1.29, 1.82) is 0 Å². The summed E-state index contributed by atoms with van der Waals surface area (Å²) in [7, 11) is 0. The summed E-state index contributed by atoms with van der Waals surface area (Å²) in [5.41, 5.74) is 1.98. The molecule has 5 heteroatoms. The first-order valence-corrected chi connectivity index (χ1v) is 5.41. The van der Waals surface area contributed by atoms with E-state index < -0.39 is 11.9 Å². The van der Waals surface area contributed by atoms with Crippen LogP contribution in [0, 0.1) is 0 Å². The number of cyclic esters (lactones) is 2. The number of esters is 2. The van der Waals surface area contributed by atoms with E-state index in [1.807, 2.05) is 24.3 Å². The molecular weight excluding hydrogens is 232 g/mol. The summed E-state index contributed by atoms with van der Waals surface area (Å²) in [4.78, 5) is 30.3. The highest BCUT2D eigenvalue weighted by Crippen LogP contribution is 2.32. The van der Waals surface area contributed by atoms with E-state index in [-0.39, 0.29) is 11.3 Å². The Hall–Kier alpha value is -2.69. The second-order valence-corrected chi connectivity index (χ2v) is 4.12. The van der Waals surface area contributed by atoms with E-state index in [0.717, 1.165) is 16.4 Å². The second-order valence-electron chi connectivity index (χ2n) is 4.12. The number of hydrogen-bond acceptors (Lipinski definition) is 4. The molecule has 1 aliphatic rings. The van der Waals surface area contributed by atoms with E-state index in [2.05, 4.69) is 14.7 Å². The number of fused-ring (bicyclic) bond motifs is 5. The molecule has 18 heavy (non-hydrogen) atoms. The Balaban J connectivity index is 2.29. The number of ether oxygens (including phenoxy) is 1. The van der Waals surface area contributed by atoms with Crippen LogP contribution >= 0.6 is 0 Å². The first-order chi connectivity index (χ1) is 8.75. The van der Waals surface area contributed by atoms with Crippen LogP contribution in [0.5, 0.6) is 0 Å². The highest BCUT2D eigenvalue weighted by atomic mass is 16.6. The molecule has 1 N–H and O–H groups in total. The third kappa shape index (κ3) is 0.982. The molecule has 0 fully saturated rings. The minimum Gasteiger partial charge on any atom is -0.384 e. The highest BCUT2D eigenvalue weighted by Gasteiger charge is 2.34. The van der Waals surface area contributed by atoms with Crippen LogP contribution in [0.25, 0.3) is 21.8 Å². The fourth-order valence-corrected chi connectivity index (χ4v) is 2.38. The van der Waals surface area contributed by atoms with E-state index in [9.17, 15) is 9.59 Å². The van der Waals surface area contributed by atoms with Gasteiger partial charge in [-0.2, -0.15) is 0 Å². The Kier molecular flexibility index (Phi) is 1.53. The Morgan fingerprint density at radius 3 is 2.78 bits per heavy atom. The van der Waals surface area contributed by atoms with Crippen LogP contribution in [-0.2, 0) is 4.74 Å². The molecule has 0 saturated carbocycles. The lowest BCUT2D eigenvalue weighted by Crippen LogP contribution is -1.97. The molecule has 0 radical (unpaired) electrons. The van der Waals surface area contributed by atoms with Gasteiger partial charge in [-0.05, 0) is 6.07 Å². The molecule has 0 spiro atoms. The zero-order valence-corrected chi connectivity index (χ0v) is 9.06. The normalized spacial score (nSPS) is 14.2. The zero-order chi connectivity index (χ0) is 12.3. The van der Waals surface area contributed by atoms with Crippen LogP contribution < -0.4 is 0 Å². The summed E-state index contributed by atoms with van der Waals surface area (Å²) < 4.78 is 4.60. The van der Waals surface area contributed by atoms with Gasteiger partial charge in [0.1, 0.15) is 5.56 Å². The average molecular weight is 238 g/mol. The molecule has 86 valence electrons. The lowest BCUT2D eigenvalue weighted by atomic mass is 10.1. The number of carbonyl (C=O) groups is 2. The minimum atomic E-state index is -0.679. The van der Waals surface area contributed by atoms with Crippen molar-refractivity contribution >= 4 is 33.7 Å². The van der Waals surface area contributed by atoms with Crippen LogP contribution in [0.2, 0.25) is 0 Å². The lowest BCUT2D eigenvalue weighted by molar-refractivity contribution is 0.0442. The topological polar surface area (TPSA) is 72.1 Å². The van der Waals surface area contributed by atoms with Crippen LogP contribution in [0.3, 0.4) is 0 Å². The Bertz CT molecular complexity index is 848. The molecule has 0 saturated heterocycles. The van der Waals surface area contributed by atoms with Gasteiger partial charge in [-0.1, -0.05) is 18.2 Å². The SMILES string of the molecule is O=C1OC(=O)c2c1ncc1[nH]c3ccccc3c21. The van der Waals surface area contributed by atoms with Crippen molar-refractivity contribution in [3.8, 4) is 0 Å². The number of rotatable bonds is 0. The lowest BCUT2D eigenvalue weighted by Gasteiger charge is -1.95. The summed E-state index contributed by atoms with van der Waals surface area (Å²) >= 11 is 0. The largest absolute Gasteiger partial charge is 0.384 e. The third-order valence-corrected chi connectivity index (χ3v) is 3.13. The summed E-state index contributed by atoms with van der Waals surface area (Å²) in [6.45, 7) is 0. The first-order valence-electron chi connectivity index (χ1n) is 5.41. The number of hydrogen-bond donors (Lipinski definition) is 1. The number of nitrogens with one attached hydrogen (secondary N) is 1. The van der Waals surface area contributed by atoms with Crippen molar-refractivity contribution in [3.05, 3.63) is 41.7 Å². The van der Waals surface area contributed by atoms with Crippen LogP contribution in [0.15, 0.2) is 30.5 Å². The number of carbonyl (C=O) groups excluding carboxylic acids is 2. The van der Waals surface area contributed by atoms with Crippen molar-refractivity contribution in [2.45, 2.75) is 0 Å². The molecule has 0 aliphatic carbocycles. The average Bonchev–Trinajstić information content (AvgIpc) is 2.87. The van der Waals surface area contributed by atoms with E-state index in [1.165, 1.54) is 0 Å². The van der Waals surface area contributed by atoms with Gasteiger partial charge in [0.25, 0.3) is 0 Å². The number of pyridine rings is 1. The fraction of sp³-hybridized carbons (Fsp3) is 0. The summed E-state index contributed by atoms with van der Waals surface area (Å²) in [6, 6.07) is 7.58. The van der Waals surface area contributed by atoms with Gasteiger partial charge in [0.2, 0.25) is 0 Å². The molecule has 4 rings (SSSR count). The van der Waals surface area contributed by atoms with E-state index in [4.69, 9.17) is 0 Å². The van der Waals surface area contributed by atoms with Gasteiger partial charge in [-0.3, -0.25) is 0 Å². The molecule has 3 heterocycles. The van der Waals surface area contributed by atoms with E-state index in [1.54, 1.807) is 6.20 Å². The number of para-hydroxylation sites is 1. The smallest absolute Gasteiger partial charge is 0.365 e. The molecular formula is C13H6N2O3. The second kappa shape index (κ2) is 2.95. The minimum absolute atomic E-state index is 0.0947. The van der Waals surface area contributed by atoms with Crippen LogP contribution in [-0.4, -0.2) is 21.9 Å². The summed E-state index contributed by atoms with van der Waals surface area (Å²) in [6.07, 6.45) is 1.55. The van der Waals surface area contributed by atoms with E-state index in [0.29, 0.717) is 5.39 Å². The summed E-state index contributed by atoms with van der Waals surface area (Å²) in [5, 5.41) is 1.59. The molecule has 0 unspecified atom stereocenters. The Labute approximate surface area is 100 Å². The van der Waals surface area contributed by atoms with Crippen LogP contribution in [0.1, 0.15) is 20.8 Å². The molecule has 2 aromatic heterocycles. The highest BCUT2D eigenvalue weighted by molar-refractivity contribution is 6.24. The van der Waals surface area contributed by atoms with Crippen molar-refractivity contribution in [2.75, 3.05) is 0 Å². The van der Waals surface area contributed by atoms with Gasteiger partial charge < -0.3 is 9.72 Å². The predicted octanol–water partition coefficient (Wildman–Crippen LogP) is 2.03. The van der Waals surface area contributed by atoms with Gasteiger partial charge in [-0.15, -0.1) is 0 Å². The van der Waals surface area contributed by atoms with Gasteiger partial charge in [0.15, 0.2) is 5.69 Å². The third-order valence-electron chi connectivity index (χ3n) is 3.13. The summed E-state index contributed by atoms with van der Waals surface area (Å²) in [5.74, 6) is -1.31. The number of nitrogens with zero attached hydrogens (tertiary/aromatic N) is 1. The first kappa shape index (κ1) is 9.35. The fourth-order valence-electron chi connectivity index (χ4n) is 2.38. The Morgan fingerprint density at radius 1 is 1.06 bits per heavy atom. The maximum Gasteiger partial charge on any atom is 0.365 e. The number of H-pyrrole nitrogens is 1. The molecule has 1 aliphatic heterocycles. The standard InChI is InChI=1S/C13H6N2O3/c16-12-10-9-6-3-1-2-4-7(6)15-8(9)5-14-11(10)13(17)18-12/h1-5,15H. The van der Waals surface area contributed by atoms with Gasteiger partial charge in [0.05, 0.1) is 11.7 Å². The van der Waals surface area contributed by atoms with Crippen molar-refractivity contribution in [1.82, 2.24) is 9.97 Å². The van der Waals surface area contributed by atoms with Crippen LogP contribution in [0.4, 0.5) is 0 Å². The molecule has 3 aromatic rings. The molecule has 0 atom stereocenters. The quantitative estimate of drug-likeness (QED) is 0.480. The number of aromatic nitrogens is 2. The maximum absolute atomic E-state index is 11.7. The monoisotopic (exact) mass is 238 g/mol. The van der Waals surface area contributed by atoms with Crippen molar-refractivity contribution in [2.24, 2.45) is 0 Å². The van der Waals surface area contributed by atoms with Gasteiger partial charge >= 0.3 is 11.9 Å². The van der Waals surface area contributed by atoms with Gasteiger partial charge in [-0.25, -0.2) is 14.6 Å².